The molecule has 158 valence electrons. The minimum atomic E-state index is -0.858. The standard InChI is InChI=1S/C21H28N2O6/c1-21(2,3)29-20(26)23-11-7-10-16(23)18(25)22-15-12-17(24)28-19(15)27-13-14-8-5-4-6-9-14/h4-6,8-9,15-16,19H,7,10-13H2,1-3H3,(H,22,25)/t15-,16-,19-/m0/s1. The van der Waals surface area contributed by atoms with Crippen molar-refractivity contribution >= 4 is 18.0 Å². The van der Waals surface area contributed by atoms with Crippen LogP contribution in [0.5, 0.6) is 0 Å². The number of nitrogens with zero attached hydrogens (tertiary/aromatic N) is 1. The van der Waals surface area contributed by atoms with Gasteiger partial charge in [-0.05, 0) is 39.2 Å². The highest BCUT2D eigenvalue weighted by Crippen LogP contribution is 2.23. The van der Waals surface area contributed by atoms with Crippen molar-refractivity contribution in [1.82, 2.24) is 10.2 Å². The number of rotatable bonds is 5. The van der Waals surface area contributed by atoms with Crippen molar-refractivity contribution in [3.8, 4) is 0 Å². The van der Waals surface area contributed by atoms with Crippen LogP contribution in [-0.4, -0.2) is 53.4 Å². The van der Waals surface area contributed by atoms with Crippen LogP contribution >= 0.6 is 0 Å². The topological polar surface area (TPSA) is 94.2 Å². The molecule has 3 rings (SSSR count). The summed E-state index contributed by atoms with van der Waals surface area (Å²) in [5.74, 6) is -0.756. The van der Waals surface area contributed by atoms with E-state index in [4.69, 9.17) is 14.2 Å². The fourth-order valence-corrected chi connectivity index (χ4v) is 3.41. The molecule has 2 saturated heterocycles. The van der Waals surface area contributed by atoms with Crippen molar-refractivity contribution in [1.29, 1.82) is 0 Å². The van der Waals surface area contributed by atoms with Gasteiger partial charge in [0.15, 0.2) is 0 Å². The minimum absolute atomic E-state index is 0.0321. The lowest BCUT2D eigenvalue weighted by Gasteiger charge is -2.29. The summed E-state index contributed by atoms with van der Waals surface area (Å²) in [6.07, 6.45) is -0.0773. The number of esters is 1. The van der Waals surface area contributed by atoms with Gasteiger partial charge in [0.05, 0.1) is 13.0 Å². The normalized spacial score (nSPS) is 24.3. The first-order valence-corrected chi connectivity index (χ1v) is 9.88. The molecule has 1 N–H and O–H groups in total. The van der Waals surface area contributed by atoms with Gasteiger partial charge in [0.2, 0.25) is 12.2 Å². The summed E-state index contributed by atoms with van der Waals surface area (Å²) in [6.45, 7) is 6.07. The molecule has 0 spiro atoms. The van der Waals surface area contributed by atoms with Crippen LogP contribution in [0.15, 0.2) is 30.3 Å². The average Bonchev–Trinajstić information content (AvgIpc) is 3.26. The Hall–Kier alpha value is -2.61. The zero-order chi connectivity index (χ0) is 21.0. The fourth-order valence-electron chi connectivity index (χ4n) is 3.41. The lowest BCUT2D eigenvalue weighted by molar-refractivity contribution is -0.168. The first-order chi connectivity index (χ1) is 13.7. The first-order valence-electron chi connectivity index (χ1n) is 9.88. The van der Waals surface area contributed by atoms with Crippen molar-refractivity contribution in [2.75, 3.05) is 6.54 Å². The molecule has 8 nitrogen and oxygen atoms in total. The molecule has 0 aromatic heterocycles. The fraction of sp³-hybridized carbons (Fsp3) is 0.571. The molecule has 0 saturated carbocycles. The maximum atomic E-state index is 12.8. The zero-order valence-electron chi connectivity index (χ0n) is 17.1. The smallest absolute Gasteiger partial charge is 0.410 e. The molecule has 2 fully saturated rings. The van der Waals surface area contributed by atoms with Crippen LogP contribution in [0.25, 0.3) is 0 Å². The van der Waals surface area contributed by atoms with Crippen LogP contribution in [0.1, 0.15) is 45.6 Å². The minimum Gasteiger partial charge on any atom is -0.444 e. The van der Waals surface area contributed by atoms with Crippen LogP contribution in [0.2, 0.25) is 0 Å². The van der Waals surface area contributed by atoms with Crippen molar-refractivity contribution in [3.63, 3.8) is 0 Å². The Labute approximate surface area is 170 Å². The number of nitrogens with one attached hydrogen (secondary N) is 1. The predicted octanol–water partition coefficient (Wildman–Crippen LogP) is 2.36. The molecule has 29 heavy (non-hydrogen) atoms. The van der Waals surface area contributed by atoms with Gasteiger partial charge in [-0.15, -0.1) is 0 Å². The quantitative estimate of drug-likeness (QED) is 0.757. The van der Waals surface area contributed by atoms with Crippen molar-refractivity contribution in [2.24, 2.45) is 0 Å². The van der Waals surface area contributed by atoms with Crippen LogP contribution in [0, 0.1) is 0 Å². The van der Waals surface area contributed by atoms with Crippen molar-refractivity contribution < 1.29 is 28.6 Å². The zero-order valence-corrected chi connectivity index (χ0v) is 17.1. The maximum Gasteiger partial charge on any atom is 0.410 e. The Morgan fingerprint density at radius 1 is 1.24 bits per heavy atom. The van der Waals surface area contributed by atoms with Gasteiger partial charge in [0.25, 0.3) is 0 Å². The molecule has 2 heterocycles. The van der Waals surface area contributed by atoms with Crippen LogP contribution in [-0.2, 0) is 30.4 Å². The Bertz CT molecular complexity index is 745. The van der Waals surface area contributed by atoms with E-state index in [0.29, 0.717) is 19.4 Å². The van der Waals surface area contributed by atoms with Gasteiger partial charge in [-0.3, -0.25) is 14.5 Å². The highest BCUT2D eigenvalue weighted by Gasteiger charge is 2.41. The van der Waals surface area contributed by atoms with E-state index in [1.807, 2.05) is 30.3 Å². The Balaban J connectivity index is 1.58. The van der Waals surface area contributed by atoms with Gasteiger partial charge >= 0.3 is 12.1 Å². The lowest BCUT2D eigenvalue weighted by atomic mass is 10.1. The number of cyclic esters (lactones) is 1. The highest BCUT2D eigenvalue weighted by molar-refractivity contribution is 5.87. The number of ether oxygens (including phenoxy) is 3. The van der Waals surface area contributed by atoms with Gasteiger partial charge in [0.1, 0.15) is 17.7 Å². The van der Waals surface area contributed by atoms with E-state index in [1.54, 1.807) is 20.8 Å². The lowest BCUT2D eigenvalue weighted by Crippen LogP contribution is -2.51. The molecule has 0 aliphatic carbocycles. The second-order valence-electron chi connectivity index (χ2n) is 8.31. The third kappa shape index (κ3) is 5.69. The molecule has 0 bridgehead atoms. The van der Waals surface area contributed by atoms with E-state index in [2.05, 4.69) is 5.32 Å². The monoisotopic (exact) mass is 404 g/mol. The summed E-state index contributed by atoms with van der Waals surface area (Å²) in [6, 6.07) is 8.27. The van der Waals surface area contributed by atoms with Crippen LogP contribution < -0.4 is 5.32 Å². The second kappa shape index (κ2) is 8.82. The van der Waals surface area contributed by atoms with E-state index in [-0.39, 0.29) is 18.9 Å². The van der Waals surface area contributed by atoms with Gasteiger partial charge in [-0.25, -0.2) is 4.79 Å². The van der Waals surface area contributed by atoms with E-state index in [1.165, 1.54) is 4.90 Å². The van der Waals surface area contributed by atoms with E-state index in [0.717, 1.165) is 5.56 Å². The largest absolute Gasteiger partial charge is 0.444 e. The molecule has 3 atom stereocenters. The summed E-state index contributed by atoms with van der Waals surface area (Å²) < 4.78 is 16.3. The van der Waals surface area contributed by atoms with E-state index < -0.39 is 36.0 Å². The average molecular weight is 404 g/mol. The Morgan fingerprint density at radius 3 is 2.66 bits per heavy atom. The molecule has 0 radical (unpaired) electrons. The SMILES string of the molecule is CC(C)(C)OC(=O)N1CCC[C@H]1C(=O)N[C@H]1CC(=O)O[C@@H]1OCc1ccccc1. The number of amides is 2. The number of likely N-dealkylation sites (tertiary alicyclic amines) is 1. The van der Waals surface area contributed by atoms with Gasteiger partial charge in [-0.1, -0.05) is 30.3 Å². The summed E-state index contributed by atoms with van der Waals surface area (Å²) in [5.41, 5.74) is 0.301. The Morgan fingerprint density at radius 2 is 1.97 bits per heavy atom. The molecule has 2 amide bonds. The van der Waals surface area contributed by atoms with Crippen molar-refractivity contribution in [3.05, 3.63) is 35.9 Å². The molecule has 2 aliphatic rings. The molecule has 2 aliphatic heterocycles. The van der Waals surface area contributed by atoms with Gasteiger partial charge in [0, 0.05) is 6.54 Å². The van der Waals surface area contributed by atoms with Gasteiger partial charge in [-0.2, -0.15) is 0 Å². The molecule has 1 aromatic carbocycles. The molecule has 0 unspecified atom stereocenters. The number of benzene rings is 1. The van der Waals surface area contributed by atoms with Gasteiger partial charge < -0.3 is 19.5 Å². The van der Waals surface area contributed by atoms with Crippen LogP contribution in [0.3, 0.4) is 0 Å². The third-order valence-electron chi connectivity index (χ3n) is 4.73. The number of carbonyl (C=O) groups excluding carboxylic acids is 3. The molecule has 8 heteroatoms. The van der Waals surface area contributed by atoms with E-state index in [9.17, 15) is 14.4 Å². The summed E-state index contributed by atoms with van der Waals surface area (Å²) >= 11 is 0. The maximum absolute atomic E-state index is 12.8. The predicted molar refractivity (Wildman–Crippen MR) is 104 cm³/mol. The summed E-state index contributed by atoms with van der Waals surface area (Å²) in [4.78, 5) is 38.4. The molecular formula is C21H28N2O6. The number of hydrogen-bond donors (Lipinski definition) is 1. The third-order valence-corrected chi connectivity index (χ3v) is 4.73. The molecule has 1 aromatic rings. The summed E-state index contributed by atoms with van der Waals surface area (Å²) in [5, 5.41) is 2.83. The number of carbonyl (C=O) groups is 3. The second-order valence-corrected chi connectivity index (χ2v) is 8.31. The Kier molecular flexibility index (Phi) is 6.42. The van der Waals surface area contributed by atoms with Crippen molar-refractivity contribution in [2.45, 2.75) is 70.6 Å². The van der Waals surface area contributed by atoms with E-state index >= 15 is 0 Å². The van der Waals surface area contributed by atoms with Crippen LogP contribution in [0.4, 0.5) is 4.79 Å². The molecular weight excluding hydrogens is 376 g/mol. The summed E-state index contributed by atoms with van der Waals surface area (Å²) in [7, 11) is 0. The first kappa shape index (κ1) is 21.1. The number of hydrogen-bond acceptors (Lipinski definition) is 6. The highest BCUT2D eigenvalue weighted by atomic mass is 16.7.